The van der Waals surface area contributed by atoms with Crippen LogP contribution in [0.4, 0.5) is 19.3 Å². The summed E-state index contributed by atoms with van der Waals surface area (Å²) in [6.45, 7) is 2.88. The van der Waals surface area contributed by atoms with Crippen LogP contribution in [0, 0.1) is 6.92 Å². The van der Waals surface area contributed by atoms with Gasteiger partial charge in [0.1, 0.15) is 23.6 Å². The summed E-state index contributed by atoms with van der Waals surface area (Å²) in [5.74, 6) is 1.04. The SMILES string of the molecule is Cc1c(C(=O)N2CC[C@H]2C(F)F)cn2nccc(Oc3ccc4c(c3)OCCN4C(=O)NC3CC3)c12. The van der Waals surface area contributed by atoms with Crippen molar-refractivity contribution in [2.24, 2.45) is 0 Å². The minimum atomic E-state index is -2.57. The van der Waals surface area contributed by atoms with E-state index < -0.39 is 18.4 Å². The number of hydrogen-bond acceptors (Lipinski definition) is 5. The van der Waals surface area contributed by atoms with Crippen molar-refractivity contribution in [3.05, 3.63) is 47.8 Å². The zero-order valence-electron chi connectivity index (χ0n) is 19.6. The molecule has 1 saturated heterocycles. The molecule has 11 heteroatoms. The highest BCUT2D eigenvalue weighted by Gasteiger charge is 2.40. The van der Waals surface area contributed by atoms with Crippen LogP contribution < -0.4 is 19.7 Å². The van der Waals surface area contributed by atoms with E-state index in [0.29, 0.717) is 65.7 Å². The van der Waals surface area contributed by atoms with Crippen molar-refractivity contribution in [1.29, 1.82) is 0 Å². The van der Waals surface area contributed by atoms with Crippen LogP contribution in [-0.2, 0) is 0 Å². The first kappa shape index (κ1) is 22.6. The van der Waals surface area contributed by atoms with E-state index in [9.17, 15) is 18.4 Å². The van der Waals surface area contributed by atoms with Gasteiger partial charge >= 0.3 is 6.03 Å². The Morgan fingerprint density at radius 2 is 2.03 bits per heavy atom. The largest absolute Gasteiger partial charge is 0.489 e. The van der Waals surface area contributed by atoms with Crippen molar-refractivity contribution >= 4 is 23.1 Å². The number of nitrogens with zero attached hydrogens (tertiary/aromatic N) is 4. The zero-order valence-corrected chi connectivity index (χ0v) is 19.6. The molecule has 4 heterocycles. The van der Waals surface area contributed by atoms with E-state index in [1.54, 1.807) is 48.5 Å². The molecule has 1 aliphatic carbocycles. The Morgan fingerprint density at radius 1 is 1.19 bits per heavy atom. The maximum atomic E-state index is 13.2. The van der Waals surface area contributed by atoms with Gasteiger partial charge in [-0.15, -0.1) is 0 Å². The van der Waals surface area contributed by atoms with Gasteiger partial charge in [-0.05, 0) is 43.9 Å². The monoisotopic (exact) mass is 497 g/mol. The van der Waals surface area contributed by atoms with Crippen molar-refractivity contribution in [2.45, 2.75) is 44.7 Å². The van der Waals surface area contributed by atoms with Gasteiger partial charge in [0, 0.05) is 30.9 Å². The molecule has 2 aromatic heterocycles. The smallest absolute Gasteiger partial charge is 0.322 e. The van der Waals surface area contributed by atoms with Crippen LogP contribution in [0.3, 0.4) is 0 Å². The van der Waals surface area contributed by atoms with Crippen LogP contribution in [0.25, 0.3) is 5.52 Å². The quantitative estimate of drug-likeness (QED) is 0.576. The van der Waals surface area contributed by atoms with Crippen molar-refractivity contribution < 1.29 is 27.8 Å². The summed E-state index contributed by atoms with van der Waals surface area (Å²) in [4.78, 5) is 28.5. The molecule has 9 nitrogen and oxygen atoms in total. The van der Waals surface area contributed by atoms with Crippen LogP contribution >= 0.6 is 0 Å². The average Bonchev–Trinajstić information content (AvgIpc) is 3.57. The number of amides is 3. The first-order valence-electron chi connectivity index (χ1n) is 12.0. The minimum Gasteiger partial charge on any atom is -0.489 e. The summed E-state index contributed by atoms with van der Waals surface area (Å²) >= 11 is 0. The van der Waals surface area contributed by atoms with Crippen molar-refractivity contribution in [3.63, 3.8) is 0 Å². The molecule has 1 atom stereocenters. The number of carbonyl (C=O) groups is 2. The number of carbonyl (C=O) groups excluding carboxylic acids is 2. The van der Waals surface area contributed by atoms with Gasteiger partial charge < -0.3 is 19.7 Å². The second-order valence-electron chi connectivity index (χ2n) is 9.30. The number of alkyl halides is 2. The Labute approximate surface area is 205 Å². The molecule has 0 spiro atoms. The second-order valence-corrected chi connectivity index (χ2v) is 9.30. The van der Waals surface area contributed by atoms with Crippen molar-refractivity contribution in [1.82, 2.24) is 19.8 Å². The third-order valence-electron chi connectivity index (χ3n) is 6.91. The fourth-order valence-electron chi connectivity index (χ4n) is 4.68. The molecule has 1 N–H and O–H groups in total. The number of nitrogens with one attached hydrogen (secondary N) is 1. The number of aromatic nitrogens is 2. The summed E-state index contributed by atoms with van der Waals surface area (Å²) in [6.07, 6.45) is 2.83. The van der Waals surface area contributed by atoms with Gasteiger partial charge in [0.2, 0.25) is 0 Å². The summed E-state index contributed by atoms with van der Waals surface area (Å²) in [5, 5.41) is 7.27. The molecule has 6 rings (SSSR count). The van der Waals surface area contributed by atoms with E-state index in [2.05, 4.69) is 10.4 Å². The van der Waals surface area contributed by atoms with Gasteiger partial charge in [0.15, 0.2) is 5.75 Å². The van der Waals surface area contributed by atoms with Crippen LogP contribution in [0.1, 0.15) is 35.2 Å². The van der Waals surface area contributed by atoms with Gasteiger partial charge in [-0.25, -0.2) is 18.1 Å². The van der Waals surface area contributed by atoms with E-state index in [1.165, 1.54) is 9.42 Å². The van der Waals surface area contributed by atoms with Crippen LogP contribution in [0.5, 0.6) is 17.2 Å². The third-order valence-corrected chi connectivity index (χ3v) is 6.91. The minimum absolute atomic E-state index is 0.135. The van der Waals surface area contributed by atoms with Crippen molar-refractivity contribution in [2.75, 3.05) is 24.6 Å². The normalized spacial score (nSPS) is 19.1. The van der Waals surface area contributed by atoms with Gasteiger partial charge in [-0.2, -0.15) is 5.10 Å². The maximum absolute atomic E-state index is 13.2. The first-order valence-corrected chi connectivity index (χ1v) is 12.0. The molecule has 1 aromatic carbocycles. The fraction of sp³-hybridized carbons (Fsp3) is 0.400. The molecule has 2 fully saturated rings. The molecule has 3 amide bonds. The Bertz CT molecular complexity index is 1360. The number of likely N-dealkylation sites (tertiary alicyclic amines) is 1. The lowest BCUT2D eigenvalue weighted by atomic mass is 10.0. The zero-order chi connectivity index (χ0) is 25.0. The molecule has 0 unspecified atom stereocenters. The third kappa shape index (κ3) is 3.88. The summed E-state index contributed by atoms with van der Waals surface area (Å²) in [5.41, 5.74) is 2.15. The summed E-state index contributed by atoms with van der Waals surface area (Å²) < 4.78 is 39.9. The summed E-state index contributed by atoms with van der Waals surface area (Å²) in [7, 11) is 0. The Balaban J connectivity index is 1.27. The molecule has 36 heavy (non-hydrogen) atoms. The van der Waals surface area contributed by atoms with E-state index in [1.807, 2.05) is 0 Å². The van der Waals surface area contributed by atoms with Crippen LogP contribution in [0.2, 0.25) is 0 Å². The van der Waals surface area contributed by atoms with E-state index in [0.717, 1.165) is 12.8 Å². The van der Waals surface area contributed by atoms with Crippen molar-refractivity contribution in [3.8, 4) is 17.2 Å². The van der Waals surface area contributed by atoms with Crippen LogP contribution in [0.15, 0.2) is 36.7 Å². The maximum Gasteiger partial charge on any atom is 0.322 e. The van der Waals surface area contributed by atoms with E-state index >= 15 is 0 Å². The predicted octanol–water partition coefficient (Wildman–Crippen LogP) is 3.99. The Kier molecular flexibility index (Phi) is 5.42. The molecule has 0 radical (unpaired) electrons. The lowest BCUT2D eigenvalue weighted by Crippen LogP contribution is -2.54. The van der Waals surface area contributed by atoms with E-state index in [-0.39, 0.29) is 12.1 Å². The number of benzene rings is 1. The van der Waals surface area contributed by atoms with Gasteiger partial charge in [0.25, 0.3) is 12.3 Å². The Morgan fingerprint density at radius 3 is 2.75 bits per heavy atom. The number of ether oxygens (including phenoxy) is 2. The molecule has 0 bridgehead atoms. The average molecular weight is 498 g/mol. The number of fused-ring (bicyclic) bond motifs is 2. The fourth-order valence-corrected chi connectivity index (χ4v) is 4.68. The molecule has 3 aromatic rings. The number of rotatable bonds is 5. The molecule has 3 aliphatic rings. The van der Waals surface area contributed by atoms with E-state index in [4.69, 9.17) is 9.47 Å². The highest BCUT2D eigenvalue weighted by Crippen LogP contribution is 2.38. The highest BCUT2D eigenvalue weighted by molar-refractivity contribution is 5.99. The molecule has 1 saturated carbocycles. The predicted molar refractivity (Wildman–Crippen MR) is 126 cm³/mol. The Hall–Kier alpha value is -3.89. The van der Waals surface area contributed by atoms with Gasteiger partial charge in [-0.1, -0.05) is 0 Å². The van der Waals surface area contributed by atoms with Gasteiger partial charge in [0.05, 0.1) is 30.0 Å². The molecule has 2 aliphatic heterocycles. The highest BCUT2D eigenvalue weighted by atomic mass is 19.3. The van der Waals surface area contributed by atoms with Crippen LogP contribution in [-0.4, -0.2) is 64.7 Å². The number of aryl methyl sites for hydroxylation is 1. The second kappa shape index (κ2) is 8.65. The lowest BCUT2D eigenvalue weighted by Gasteiger charge is -2.40. The summed E-state index contributed by atoms with van der Waals surface area (Å²) in [6, 6.07) is 6.00. The molecule has 188 valence electrons. The number of hydrogen-bond donors (Lipinski definition) is 1. The molecular weight excluding hydrogens is 472 g/mol. The standard InChI is InChI=1S/C25H25F2N5O4/c1-14-17(24(33)30-9-7-19(30)23(26)27)13-32-22(14)20(6-8-28-32)36-16-4-5-18-21(12-16)35-11-10-31(18)25(34)29-15-2-3-15/h4-6,8,12-13,15,19,23H,2-3,7,9-11H2,1H3,(H,29,34)/t19-/m0/s1. The van der Waals surface area contributed by atoms with Gasteiger partial charge in [-0.3, -0.25) is 9.69 Å². The number of urea groups is 1. The first-order chi connectivity index (χ1) is 17.4. The topological polar surface area (TPSA) is 88.4 Å². The number of anilines is 1. The number of halogens is 2. The lowest BCUT2D eigenvalue weighted by molar-refractivity contribution is -0.0219. The molecular formula is C25H25F2N5O4.